The molecule has 2 aliphatic rings. The van der Waals surface area contributed by atoms with Gasteiger partial charge in [-0.3, -0.25) is 9.59 Å². The first-order chi connectivity index (χ1) is 9.97. The van der Waals surface area contributed by atoms with Gasteiger partial charge in [0.25, 0.3) is 11.8 Å². The molecule has 1 aromatic heterocycles. The van der Waals surface area contributed by atoms with Crippen molar-refractivity contribution in [1.29, 1.82) is 0 Å². The summed E-state index contributed by atoms with van der Waals surface area (Å²) in [6.45, 7) is 2.75. The van der Waals surface area contributed by atoms with Crippen LogP contribution in [-0.4, -0.2) is 65.6 Å². The molecule has 0 N–H and O–H groups in total. The van der Waals surface area contributed by atoms with E-state index < -0.39 is 0 Å². The third-order valence-electron chi connectivity index (χ3n) is 3.65. The highest BCUT2D eigenvalue weighted by Crippen LogP contribution is 2.29. The van der Waals surface area contributed by atoms with Gasteiger partial charge in [-0.25, -0.2) is 4.98 Å². The Hall–Kier alpha value is -1.96. The van der Waals surface area contributed by atoms with E-state index in [0.717, 1.165) is 5.01 Å². The van der Waals surface area contributed by atoms with Crippen molar-refractivity contribution in [3.8, 4) is 0 Å². The van der Waals surface area contributed by atoms with Gasteiger partial charge in [0.2, 0.25) is 0 Å². The maximum atomic E-state index is 12.4. The number of aryl methyl sites for hydroxylation is 1. The largest absolute Gasteiger partial charge is 0.389 e. The molecule has 3 rings (SSSR count). The molecule has 112 valence electrons. The van der Waals surface area contributed by atoms with Crippen LogP contribution in [0.15, 0.2) is 10.5 Å². The lowest BCUT2D eigenvalue weighted by Crippen LogP contribution is -2.36. The number of thiazole rings is 1. The standard InChI is InChI=1S/C13H16N4O3S/c1-7-14-9(6-21-7)12(18)17-4-8-10(5-17)20-15-11(8)13(19)16(2)3/h6,8,10H,4-5H2,1-3H3/t8-,10+/m0/s1. The second kappa shape index (κ2) is 5.10. The monoisotopic (exact) mass is 308 g/mol. The van der Waals surface area contributed by atoms with E-state index in [1.165, 1.54) is 16.2 Å². The Balaban J connectivity index is 1.73. The normalized spacial score (nSPS) is 23.6. The topological polar surface area (TPSA) is 75.1 Å². The van der Waals surface area contributed by atoms with Gasteiger partial charge in [-0.15, -0.1) is 11.3 Å². The van der Waals surface area contributed by atoms with E-state index in [1.807, 2.05) is 6.92 Å². The molecular formula is C13H16N4O3S. The summed E-state index contributed by atoms with van der Waals surface area (Å²) in [4.78, 5) is 37.1. The average molecular weight is 308 g/mol. The van der Waals surface area contributed by atoms with Gasteiger partial charge in [-0.05, 0) is 6.92 Å². The number of nitrogens with zero attached hydrogens (tertiary/aromatic N) is 4. The fraction of sp³-hybridized carbons (Fsp3) is 0.538. The molecule has 0 aromatic carbocycles. The number of likely N-dealkylation sites (tertiary alicyclic amines) is 1. The number of carbonyl (C=O) groups is 2. The zero-order valence-electron chi connectivity index (χ0n) is 12.1. The zero-order valence-corrected chi connectivity index (χ0v) is 12.9. The third-order valence-corrected chi connectivity index (χ3v) is 4.43. The first-order valence-corrected chi connectivity index (χ1v) is 7.52. The molecule has 1 saturated heterocycles. The lowest BCUT2D eigenvalue weighted by Gasteiger charge is -2.16. The number of hydrogen-bond donors (Lipinski definition) is 0. The predicted molar refractivity (Wildman–Crippen MR) is 77.2 cm³/mol. The molecule has 0 radical (unpaired) electrons. The summed E-state index contributed by atoms with van der Waals surface area (Å²) in [5.74, 6) is -0.432. The van der Waals surface area contributed by atoms with Gasteiger partial charge in [0, 0.05) is 26.0 Å². The number of carbonyl (C=O) groups excluding carboxylic acids is 2. The lowest BCUT2D eigenvalue weighted by atomic mass is 10.00. The summed E-state index contributed by atoms with van der Waals surface area (Å²) in [7, 11) is 3.35. The summed E-state index contributed by atoms with van der Waals surface area (Å²) >= 11 is 1.45. The Labute approximate surface area is 126 Å². The van der Waals surface area contributed by atoms with E-state index in [1.54, 1.807) is 24.4 Å². The number of amides is 2. The van der Waals surface area contributed by atoms with Crippen LogP contribution in [0.3, 0.4) is 0 Å². The molecule has 0 unspecified atom stereocenters. The molecule has 3 heterocycles. The van der Waals surface area contributed by atoms with Crippen LogP contribution in [0.2, 0.25) is 0 Å². The number of aromatic nitrogens is 1. The minimum Gasteiger partial charge on any atom is -0.389 e. The SMILES string of the molecule is Cc1nc(C(=O)N2C[C@@H]3C(C(=O)N(C)C)=NO[C@@H]3C2)cs1. The van der Waals surface area contributed by atoms with Crippen molar-refractivity contribution in [1.82, 2.24) is 14.8 Å². The van der Waals surface area contributed by atoms with Crippen molar-refractivity contribution < 1.29 is 14.4 Å². The zero-order chi connectivity index (χ0) is 15.1. The van der Waals surface area contributed by atoms with E-state index in [2.05, 4.69) is 10.1 Å². The Morgan fingerprint density at radius 1 is 1.43 bits per heavy atom. The summed E-state index contributed by atoms with van der Waals surface area (Å²) < 4.78 is 0. The van der Waals surface area contributed by atoms with Gasteiger partial charge in [0.1, 0.15) is 5.69 Å². The minimum absolute atomic E-state index is 0.117. The van der Waals surface area contributed by atoms with Crippen LogP contribution in [0, 0.1) is 12.8 Å². The molecule has 1 aromatic rings. The first-order valence-electron chi connectivity index (χ1n) is 6.64. The third kappa shape index (κ3) is 2.39. The highest BCUT2D eigenvalue weighted by atomic mass is 32.1. The van der Waals surface area contributed by atoms with Crippen LogP contribution in [0.25, 0.3) is 0 Å². The molecule has 0 spiro atoms. The Bertz CT molecular complexity index is 625. The highest BCUT2D eigenvalue weighted by molar-refractivity contribution is 7.09. The van der Waals surface area contributed by atoms with Gasteiger partial charge in [-0.1, -0.05) is 5.16 Å². The Kier molecular flexibility index (Phi) is 3.40. The van der Waals surface area contributed by atoms with Crippen molar-refractivity contribution in [2.24, 2.45) is 11.1 Å². The number of fused-ring (bicyclic) bond motifs is 1. The van der Waals surface area contributed by atoms with Crippen molar-refractivity contribution in [3.05, 3.63) is 16.1 Å². The van der Waals surface area contributed by atoms with Gasteiger partial charge in [0.15, 0.2) is 11.8 Å². The quantitative estimate of drug-likeness (QED) is 0.791. The summed E-state index contributed by atoms with van der Waals surface area (Å²) in [5.41, 5.74) is 0.852. The molecule has 2 amide bonds. The Morgan fingerprint density at radius 2 is 2.19 bits per heavy atom. The number of hydrogen-bond acceptors (Lipinski definition) is 6. The van der Waals surface area contributed by atoms with Gasteiger partial charge < -0.3 is 14.6 Å². The van der Waals surface area contributed by atoms with Gasteiger partial charge in [-0.2, -0.15) is 0 Å². The molecule has 0 aliphatic carbocycles. The van der Waals surface area contributed by atoms with Crippen LogP contribution in [0.5, 0.6) is 0 Å². The maximum absolute atomic E-state index is 12.4. The minimum atomic E-state index is -0.229. The fourth-order valence-corrected chi connectivity index (χ4v) is 3.14. The van der Waals surface area contributed by atoms with Crippen molar-refractivity contribution in [3.63, 3.8) is 0 Å². The number of oxime groups is 1. The number of rotatable bonds is 2. The van der Waals surface area contributed by atoms with Crippen LogP contribution >= 0.6 is 11.3 Å². The van der Waals surface area contributed by atoms with Crippen LogP contribution in [0.1, 0.15) is 15.5 Å². The van der Waals surface area contributed by atoms with Crippen LogP contribution in [-0.2, 0) is 9.63 Å². The Morgan fingerprint density at radius 3 is 2.81 bits per heavy atom. The molecule has 8 heteroatoms. The molecule has 0 saturated carbocycles. The second-order valence-electron chi connectivity index (χ2n) is 5.39. The predicted octanol–water partition coefficient (Wildman–Crippen LogP) is 0.367. The van der Waals surface area contributed by atoms with Crippen LogP contribution < -0.4 is 0 Å². The second-order valence-corrected chi connectivity index (χ2v) is 6.45. The van der Waals surface area contributed by atoms with Gasteiger partial charge in [0.05, 0.1) is 17.5 Å². The van der Waals surface area contributed by atoms with Crippen molar-refractivity contribution in [2.75, 3.05) is 27.2 Å². The smallest absolute Gasteiger partial charge is 0.273 e. The summed E-state index contributed by atoms with van der Waals surface area (Å²) in [5, 5.41) is 6.50. The maximum Gasteiger partial charge on any atom is 0.273 e. The van der Waals surface area contributed by atoms with E-state index >= 15 is 0 Å². The summed E-state index contributed by atoms with van der Waals surface area (Å²) in [6.07, 6.45) is -0.229. The first kappa shape index (κ1) is 14.0. The lowest BCUT2D eigenvalue weighted by molar-refractivity contribution is -0.122. The van der Waals surface area contributed by atoms with E-state index in [9.17, 15) is 9.59 Å². The van der Waals surface area contributed by atoms with Crippen molar-refractivity contribution >= 4 is 28.9 Å². The van der Waals surface area contributed by atoms with E-state index in [0.29, 0.717) is 24.5 Å². The molecule has 7 nitrogen and oxygen atoms in total. The molecule has 1 fully saturated rings. The summed E-state index contributed by atoms with van der Waals surface area (Å²) in [6, 6.07) is 0. The van der Waals surface area contributed by atoms with Crippen molar-refractivity contribution in [2.45, 2.75) is 13.0 Å². The molecule has 0 bridgehead atoms. The molecule has 2 aliphatic heterocycles. The van der Waals surface area contributed by atoms with Crippen LogP contribution in [0.4, 0.5) is 0 Å². The van der Waals surface area contributed by atoms with E-state index in [4.69, 9.17) is 4.84 Å². The fourth-order valence-electron chi connectivity index (χ4n) is 2.55. The molecular weight excluding hydrogens is 292 g/mol. The molecule has 21 heavy (non-hydrogen) atoms. The highest BCUT2D eigenvalue weighted by Gasteiger charge is 2.46. The van der Waals surface area contributed by atoms with Gasteiger partial charge >= 0.3 is 0 Å². The average Bonchev–Trinajstić information content (AvgIpc) is 3.11. The molecule has 2 atom stereocenters. The van der Waals surface area contributed by atoms with E-state index in [-0.39, 0.29) is 23.8 Å².